The number of carbonyl (C=O) groups is 2. The van der Waals surface area contributed by atoms with Crippen molar-refractivity contribution < 1.29 is 22.7 Å². The van der Waals surface area contributed by atoms with Crippen molar-refractivity contribution in [2.45, 2.75) is 38.8 Å². The van der Waals surface area contributed by atoms with Crippen molar-refractivity contribution in [2.24, 2.45) is 5.73 Å². The predicted molar refractivity (Wildman–Crippen MR) is 94.1 cm³/mol. The summed E-state index contributed by atoms with van der Waals surface area (Å²) in [5.74, 6) is -0.601. The zero-order chi connectivity index (χ0) is 18.6. The Morgan fingerprint density at radius 2 is 2.04 bits per heavy atom. The maximum Gasteiger partial charge on any atom is 0.261 e. The van der Waals surface area contributed by atoms with E-state index in [9.17, 15) is 18.0 Å². The van der Waals surface area contributed by atoms with Gasteiger partial charge in [0.25, 0.3) is 11.8 Å². The average Bonchev–Trinajstić information content (AvgIpc) is 2.92. The Balaban J connectivity index is 2.12. The lowest BCUT2D eigenvalue weighted by atomic mass is 10.1. The summed E-state index contributed by atoms with van der Waals surface area (Å²) in [4.78, 5) is 25.7. The van der Waals surface area contributed by atoms with Gasteiger partial charge < -0.3 is 15.4 Å². The fourth-order valence-corrected chi connectivity index (χ4v) is 4.72. The number of benzene rings is 1. The van der Waals surface area contributed by atoms with E-state index in [2.05, 4.69) is 0 Å². The lowest BCUT2D eigenvalue weighted by Crippen LogP contribution is -2.48. The minimum absolute atomic E-state index is 0.0129. The van der Waals surface area contributed by atoms with Crippen molar-refractivity contribution in [1.29, 1.82) is 0 Å². The van der Waals surface area contributed by atoms with E-state index in [-0.39, 0.29) is 47.4 Å². The number of para-hydroxylation sites is 1. The molecular formula is C17H24N2O5S. The summed E-state index contributed by atoms with van der Waals surface area (Å²) in [5, 5.41) is 0. The summed E-state index contributed by atoms with van der Waals surface area (Å²) in [6.45, 7) is 3.56. The van der Waals surface area contributed by atoms with Gasteiger partial charge in [0.05, 0.1) is 17.1 Å². The molecule has 0 radical (unpaired) electrons. The zero-order valence-corrected chi connectivity index (χ0v) is 15.3. The number of sulfone groups is 1. The van der Waals surface area contributed by atoms with Gasteiger partial charge >= 0.3 is 0 Å². The van der Waals surface area contributed by atoms with Crippen molar-refractivity contribution in [3.05, 3.63) is 29.8 Å². The first-order valence-electron chi connectivity index (χ1n) is 8.28. The Morgan fingerprint density at radius 3 is 2.60 bits per heavy atom. The smallest absolute Gasteiger partial charge is 0.261 e. The number of rotatable bonds is 7. The van der Waals surface area contributed by atoms with Crippen LogP contribution in [0.5, 0.6) is 5.75 Å². The molecule has 8 heteroatoms. The first kappa shape index (κ1) is 19.2. The second-order valence-electron chi connectivity index (χ2n) is 6.26. The standard InChI is InChI=1S/C17H24N2O5S/c1-3-12(2)19(13-8-9-25(22,23)11-13)16(20)10-24-15-7-5-4-6-14(15)17(18)21/h4-7,12-13H,3,8-11H2,1-2H3,(H2,18,21)/t12-,13+/m0/s1. The molecule has 2 atom stereocenters. The average molecular weight is 368 g/mol. The molecule has 0 spiro atoms. The van der Waals surface area contributed by atoms with Crippen LogP contribution in [-0.2, 0) is 14.6 Å². The van der Waals surface area contributed by atoms with E-state index >= 15 is 0 Å². The maximum absolute atomic E-state index is 12.7. The van der Waals surface area contributed by atoms with Gasteiger partial charge in [-0.05, 0) is 31.9 Å². The van der Waals surface area contributed by atoms with Crippen molar-refractivity contribution in [3.8, 4) is 5.75 Å². The van der Waals surface area contributed by atoms with E-state index in [4.69, 9.17) is 10.5 Å². The van der Waals surface area contributed by atoms with E-state index < -0.39 is 15.7 Å². The number of hydrogen-bond acceptors (Lipinski definition) is 5. The van der Waals surface area contributed by atoms with E-state index in [0.29, 0.717) is 12.8 Å². The minimum atomic E-state index is -3.10. The second kappa shape index (κ2) is 7.86. The lowest BCUT2D eigenvalue weighted by molar-refractivity contribution is -0.137. The van der Waals surface area contributed by atoms with Crippen LogP contribution >= 0.6 is 0 Å². The minimum Gasteiger partial charge on any atom is -0.483 e. The number of nitrogens with zero attached hydrogens (tertiary/aromatic N) is 1. The largest absolute Gasteiger partial charge is 0.483 e. The fraction of sp³-hybridized carbons (Fsp3) is 0.529. The maximum atomic E-state index is 12.7. The number of nitrogens with two attached hydrogens (primary N) is 1. The number of primary amides is 1. The summed E-state index contributed by atoms with van der Waals surface area (Å²) in [7, 11) is -3.10. The van der Waals surface area contributed by atoms with Crippen LogP contribution in [0.25, 0.3) is 0 Å². The molecule has 1 aromatic rings. The lowest BCUT2D eigenvalue weighted by Gasteiger charge is -2.33. The molecule has 2 rings (SSSR count). The van der Waals surface area contributed by atoms with E-state index in [0.717, 1.165) is 0 Å². The number of ether oxygens (including phenoxy) is 1. The van der Waals surface area contributed by atoms with Gasteiger partial charge in [-0.25, -0.2) is 8.42 Å². The Bertz CT molecular complexity index is 747. The molecule has 0 aliphatic carbocycles. The van der Waals surface area contributed by atoms with Gasteiger partial charge in [0, 0.05) is 12.1 Å². The molecule has 1 fully saturated rings. The Morgan fingerprint density at radius 1 is 1.36 bits per heavy atom. The summed E-state index contributed by atoms with van der Waals surface area (Å²) in [6, 6.07) is 6.01. The van der Waals surface area contributed by atoms with Gasteiger partial charge in [-0.2, -0.15) is 0 Å². The Hall–Kier alpha value is -2.09. The fourth-order valence-electron chi connectivity index (χ4n) is 3.01. The summed E-state index contributed by atoms with van der Waals surface area (Å²) in [5.41, 5.74) is 5.50. The molecule has 1 aliphatic heterocycles. The Kier molecular flexibility index (Phi) is 6.05. The molecule has 2 amide bonds. The van der Waals surface area contributed by atoms with Crippen LogP contribution in [0.1, 0.15) is 37.0 Å². The van der Waals surface area contributed by atoms with Gasteiger partial charge in [-0.15, -0.1) is 0 Å². The van der Waals surface area contributed by atoms with Gasteiger partial charge in [0.2, 0.25) is 0 Å². The van der Waals surface area contributed by atoms with E-state index in [1.54, 1.807) is 23.1 Å². The molecule has 1 aromatic carbocycles. The van der Waals surface area contributed by atoms with Gasteiger partial charge in [-0.3, -0.25) is 9.59 Å². The Labute approximate surface area is 148 Å². The highest BCUT2D eigenvalue weighted by Crippen LogP contribution is 2.22. The molecule has 25 heavy (non-hydrogen) atoms. The number of carbonyl (C=O) groups excluding carboxylic acids is 2. The van der Waals surface area contributed by atoms with Gasteiger partial charge in [-0.1, -0.05) is 19.1 Å². The highest BCUT2D eigenvalue weighted by atomic mass is 32.2. The van der Waals surface area contributed by atoms with Crippen molar-refractivity contribution >= 4 is 21.7 Å². The summed E-state index contributed by atoms with van der Waals surface area (Å²) < 4.78 is 29.0. The van der Waals surface area contributed by atoms with E-state index in [1.807, 2.05) is 13.8 Å². The van der Waals surface area contributed by atoms with Crippen molar-refractivity contribution in [3.63, 3.8) is 0 Å². The van der Waals surface area contributed by atoms with Crippen LogP contribution in [-0.4, -0.2) is 55.3 Å². The summed E-state index contributed by atoms with van der Waals surface area (Å²) >= 11 is 0. The molecule has 0 saturated carbocycles. The highest BCUT2D eigenvalue weighted by Gasteiger charge is 2.36. The molecule has 138 valence electrons. The normalized spacial score (nSPS) is 20.0. The number of hydrogen-bond donors (Lipinski definition) is 1. The zero-order valence-electron chi connectivity index (χ0n) is 14.5. The molecular weight excluding hydrogens is 344 g/mol. The third-order valence-electron chi connectivity index (χ3n) is 4.46. The molecule has 7 nitrogen and oxygen atoms in total. The van der Waals surface area contributed by atoms with Crippen molar-refractivity contribution in [2.75, 3.05) is 18.1 Å². The van der Waals surface area contributed by atoms with Crippen LogP contribution in [0.3, 0.4) is 0 Å². The second-order valence-corrected chi connectivity index (χ2v) is 8.49. The first-order chi connectivity index (χ1) is 11.7. The first-order valence-corrected chi connectivity index (χ1v) is 10.1. The van der Waals surface area contributed by atoms with Crippen LogP contribution in [0.2, 0.25) is 0 Å². The summed E-state index contributed by atoms with van der Waals surface area (Å²) in [6.07, 6.45) is 1.15. The molecule has 1 aliphatic rings. The SMILES string of the molecule is CC[C@H](C)N(C(=O)COc1ccccc1C(N)=O)[C@@H]1CCS(=O)(=O)C1. The highest BCUT2D eigenvalue weighted by molar-refractivity contribution is 7.91. The third kappa shape index (κ3) is 4.72. The van der Waals surface area contributed by atoms with Crippen LogP contribution in [0, 0.1) is 0 Å². The molecule has 0 aromatic heterocycles. The molecule has 1 heterocycles. The van der Waals surface area contributed by atoms with Crippen LogP contribution < -0.4 is 10.5 Å². The van der Waals surface area contributed by atoms with Gasteiger partial charge in [0.1, 0.15) is 5.75 Å². The number of amides is 2. The van der Waals surface area contributed by atoms with Gasteiger partial charge in [0.15, 0.2) is 16.4 Å². The molecule has 0 bridgehead atoms. The topological polar surface area (TPSA) is 107 Å². The van der Waals surface area contributed by atoms with Crippen molar-refractivity contribution in [1.82, 2.24) is 4.90 Å². The monoisotopic (exact) mass is 368 g/mol. The molecule has 1 saturated heterocycles. The quantitative estimate of drug-likeness (QED) is 0.772. The third-order valence-corrected chi connectivity index (χ3v) is 6.21. The molecule has 2 N–H and O–H groups in total. The van der Waals surface area contributed by atoms with Crippen LogP contribution in [0.4, 0.5) is 0 Å². The molecule has 0 unspecified atom stereocenters. The van der Waals surface area contributed by atoms with E-state index in [1.165, 1.54) is 6.07 Å². The predicted octanol–water partition coefficient (Wildman–Crippen LogP) is 0.979. The van der Waals surface area contributed by atoms with Crippen LogP contribution in [0.15, 0.2) is 24.3 Å².